The Morgan fingerprint density at radius 2 is 2.24 bits per heavy atom. The maximum absolute atomic E-state index is 12.0. The summed E-state index contributed by atoms with van der Waals surface area (Å²) in [6, 6.07) is 4.40. The fourth-order valence-corrected chi connectivity index (χ4v) is 2.13. The summed E-state index contributed by atoms with van der Waals surface area (Å²) in [4.78, 5) is 22.3. The van der Waals surface area contributed by atoms with Gasteiger partial charge in [-0.25, -0.2) is 0 Å². The number of hydrogen-bond acceptors (Lipinski definition) is 4. The number of nitrogens with zero attached hydrogens (tertiary/aromatic N) is 1. The Hall–Kier alpha value is -1.92. The smallest absolute Gasteiger partial charge is 0.272 e. The zero-order chi connectivity index (χ0) is 14.5. The summed E-state index contributed by atoms with van der Waals surface area (Å²) in [5.74, 6) is -0.206. The second-order valence-electron chi connectivity index (χ2n) is 4.76. The van der Waals surface area contributed by atoms with Gasteiger partial charge in [0.05, 0.1) is 4.92 Å². The van der Waals surface area contributed by atoms with Crippen molar-refractivity contribution in [2.75, 3.05) is 19.6 Å². The van der Waals surface area contributed by atoms with Gasteiger partial charge in [-0.1, -0.05) is 11.6 Å². The van der Waals surface area contributed by atoms with E-state index in [1.807, 2.05) is 0 Å². The fourth-order valence-electron chi connectivity index (χ4n) is 2.13. The van der Waals surface area contributed by atoms with Gasteiger partial charge in [0.1, 0.15) is 0 Å². The van der Waals surface area contributed by atoms with Crippen LogP contribution in [0.5, 0.6) is 0 Å². The van der Waals surface area contributed by atoms with E-state index >= 15 is 0 Å². The summed E-state index contributed by atoms with van der Waals surface area (Å²) >= 11 is 0. The molecule has 0 aliphatic carbocycles. The van der Waals surface area contributed by atoms with E-state index in [2.05, 4.69) is 16.7 Å². The molecule has 2 N–H and O–H groups in total. The Labute approximate surface area is 129 Å². The highest BCUT2D eigenvalue weighted by Gasteiger charge is 2.14. The van der Waals surface area contributed by atoms with Crippen molar-refractivity contribution in [2.45, 2.75) is 13.3 Å². The van der Waals surface area contributed by atoms with Crippen molar-refractivity contribution in [1.29, 1.82) is 0 Å². The molecule has 114 valence electrons. The van der Waals surface area contributed by atoms with E-state index in [0.29, 0.717) is 17.7 Å². The molecule has 1 aromatic rings. The molecule has 1 heterocycles. The number of nitro groups is 1. The van der Waals surface area contributed by atoms with E-state index in [9.17, 15) is 14.9 Å². The maximum atomic E-state index is 12.0. The summed E-state index contributed by atoms with van der Waals surface area (Å²) in [7, 11) is 0. The van der Waals surface area contributed by atoms with Gasteiger partial charge < -0.3 is 10.6 Å². The van der Waals surface area contributed by atoms with Crippen molar-refractivity contribution in [3.63, 3.8) is 0 Å². The van der Waals surface area contributed by atoms with Crippen molar-refractivity contribution in [1.82, 2.24) is 10.6 Å². The van der Waals surface area contributed by atoms with E-state index < -0.39 is 4.92 Å². The number of benzene rings is 1. The first kappa shape index (κ1) is 17.1. The normalized spacial score (nSPS) is 13.9. The fraction of sp³-hybridized carbons (Fsp3) is 0.357. The van der Waals surface area contributed by atoms with Crippen LogP contribution in [0.1, 0.15) is 22.3 Å². The molecule has 7 heteroatoms. The SMILES string of the molecule is Cc1cc(C(=O)NCC2=CCNCC2)ccc1[N+](=O)[O-].Cl. The first-order valence-corrected chi connectivity index (χ1v) is 6.50. The number of nitro benzene ring substituents is 1. The highest BCUT2D eigenvalue weighted by Crippen LogP contribution is 2.18. The summed E-state index contributed by atoms with van der Waals surface area (Å²) in [5, 5.41) is 16.8. The lowest BCUT2D eigenvalue weighted by Gasteiger charge is -2.14. The zero-order valence-corrected chi connectivity index (χ0v) is 12.5. The molecule has 1 aliphatic heterocycles. The molecule has 0 unspecified atom stereocenters. The number of aryl methyl sites for hydroxylation is 1. The van der Waals surface area contributed by atoms with Crippen LogP contribution < -0.4 is 10.6 Å². The Morgan fingerprint density at radius 3 is 2.81 bits per heavy atom. The van der Waals surface area contributed by atoms with Crippen LogP contribution in [0.4, 0.5) is 5.69 Å². The lowest BCUT2D eigenvalue weighted by Crippen LogP contribution is -2.29. The molecular formula is C14H18ClN3O3. The summed E-state index contributed by atoms with van der Waals surface area (Å²) in [6.45, 7) is 3.92. The Kier molecular flexibility index (Phi) is 6.33. The molecule has 21 heavy (non-hydrogen) atoms. The number of halogens is 1. The first-order chi connectivity index (χ1) is 9.58. The van der Waals surface area contributed by atoms with Gasteiger partial charge in [-0.2, -0.15) is 0 Å². The highest BCUT2D eigenvalue weighted by molar-refractivity contribution is 5.94. The van der Waals surface area contributed by atoms with Gasteiger partial charge in [0, 0.05) is 30.3 Å². The molecule has 1 aliphatic rings. The van der Waals surface area contributed by atoms with E-state index in [4.69, 9.17) is 0 Å². The third-order valence-electron chi connectivity index (χ3n) is 3.29. The van der Waals surface area contributed by atoms with Gasteiger partial charge in [-0.05, 0) is 32.0 Å². The molecule has 6 nitrogen and oxygen atoms in total. The first-order valence-electron chi connectivity index (χ1n) is 6.50. The number of carbonyl (C=O) groups excluding carboxylic acids is 1. The Bertz CT molecular complexity index is 573. The minimum absolute atomic E-state index is 0. The molecule has 0 bridgehead atoms. The predicted molar refractivity (Wildman–Crippen MR) is 83.0 cm³/mol. The van der Waals surface area contributed by atoms with Crippen LogP contribution >= 0.6 is 12.4 Å². The number of nitrogens with one attached hydrogen (secondary N) is 2. The van der Waals surface area contributed by atoms with Crippen molar-refractivity contribution < 1.29 is 9.72 Å². The van der Waals surface area contributed by atoms with E-state index in [-0.39, 0.29) is 24.0 Å². The van der Waals surface area contributed by atoms with E-state index in [0.717, 1.165) is 19.5 Å². The number of rotatable bonds is 4. The molecular weight excluding hydrogens is 294 g/mol. The Balaban J connectivity index is 0.00000220. The van der Waals surface area contributed by atoms with Crippen LogP contribution in [-0.4, -0.2) is 30.5 Å². The van der Waals surface area contributed by atoms with Gasteiger partial charge in [0.15, 0.2) is 0 Å². The van der Waals surface area contributed by atoms with E-state index in [1.165, 1.54) is 17.7 Å². The van der Waals surface area contributed by atoms with Crippen molar-refractivity contribution in [3.05, 3.63) is 51.1 Å². The number of hydrogen-bond donors (Lipinski definition) is 2. The zero-order valence-electron chi connectivity index (χ0n) is 11.7. The average Bonchev–Trinajstić information content (AvgIpc) is 2.45. The lowest BCUT2D eigenvalue weighted by molar-refractivity contribution is -0.385. The van der Waals surface area contributed by atoms with Gasteiger partial charge in [-0.15, -0.1) is 12.4 Å². The van der Waals surface area contributed by atoms with Gasteiger partial charge in [0.25, 0.3) is 11.6 Å². The third kappa shape index (κ3) is 4.54. The largest absolute Gasteiger partial charge is 0.348 e. The summed E-state index contributed by atoms with van der Waals surface area (Å²) in [6.07, 6.45) is 3.00. The third-order valence-corrected chi connectivity index (χ3v) is 3.29. The monoisotopic (exact) mass is 311 g/mol. The van der Waals surface area contributed by atoms with Crippen LogP contribution in [0.3, 0.4) is 0 Å². The molecule has 0 saturated heterocycles. The highest BCUT2D eigenvalue weighted by atomic mass is 35.5. The summed E-state index contributed by atoms with van der Waals surface area (Å²) < 4.78 is 0. The topological polar surface area (TPSA) is 84.3 Å². The van der Waals surface area contributed by atoms with Crippen LogP contribution in [-0.2, 0) is 0 Å². The van der Waals surface area contributed by atoms with Crippen LogP contribution in [0.25, 0.3) is 0 Å². The minimum Gasteiger partial charge on any atom is -0.348 e. The van der Waals surface area contributed by atoms with Gasteiger partial charge >= 0.3 is 0 Å². The summed E-state index contributed by atoms with van der Waals surface area (Å²) in [5.41, 5.74) is 2.17. The minimum atomic E-state index is -0.448. The van der Waals surface area contributed by atoms with Gasteiger partial charge in [-0.3, -0.25) is 14.9 Å². The molecule has 0 atom stereocenters. The average molecular weight is 312 g/mol. The van der Waals surface area contributed by atoms with Gasteiger partial charge in [0.2, 0.25) is 0 Å². The standard InChI is InChI=1S/C14H17N3O3.ClH/c1-10-8-12(2-3-13(10)17(19)20)14(18)16-9-11-4-6-15-7-5-11;/h2-4,8,15H,5-7,9H2,1H3,(H,16,18);1H. The molecule has 1 amide bonds. The predicted octanol–water partition coefficient (Wildman–Crippen LogP) is 1.97. The number of amides is 1. The van der Waals surface area contributed by atoms with E-state index in [1.54, 1.807) is 13.0 Å². The molecule has 0 spiro atoms. The quantitative estimate of drug-likeness (QED) is 0.506. The van der Waals surface area contributed by atoms with Crippen LogP contribution in [0, 0.1) is 17.0 Å². The molecule has 0 radical (unpaired) electrons. The lowest BCUT2D eigenvalue weighted by atomic mass is 10.1. The molecule has 0 aromatic heterocycles. The van der Waals surface area contributed by atoms with Crippen molar-refractivity contribution >= 4 is 24.0 Å². The molecule has 0 saturated carbocycles. The molecule has 2 rings (SSSR count). The van der Waals surface area contributed by atoms with Crippen LogP contribution in [0.2, 0.25) is 0 Å². The van der Waals surface area contributed by atoms with Crippen LogP contribution in [0.15, 0.2) is 29.8 Å². The van der Waals surface area contributed by atoms with Crippen molar-refractivity contribution in [2.24, 2.45) is 0 Å². The molecule has 1 aromatic carbocycles. The number of carbonyl (C=O) groups is 1. The maximum Gasteiger partial charge on any atom is 0.272 e. The second kappa shape index (κ2) is 7.75. The van der Waals surface area contributed by atoms with Crippen molar-refractivity contribution in [3.8, 4) is 0 Å². The molecule has 0 fully saturated rings. The Morgan fingerprint density at radius 1 is 1.48 bits per heavy atom. The second-order valence-corrected chi connectivity index (χ2v) is 4.76.